The summed E-state index contributed by atoms with van der Waals surface area (Å²) in [4.78, 5) is 33.5. The number of hydrogen-bond donors (Lipinski definition) is 3. The van der Waals surface area contributed by atoms with Crippen molar-refractivity contribution >= 4 is 35.9 Å². The maximum atomic E-state index is 14.4. The number of amides is 1. The fourth-order valence-electron chi connectivity index (χ4n) is 7.07. The quantitative estimate of drug-likeness (QED) is 0.101. The van der Waals surface area contributed by atoms with Crippen LogP contribution in [0.3, 0.4) is 0 Å². The summed E-state index contributed by atoms with van der Waals surface area (Å²) in [7, 11) is 1.41. The smallest absolute Gasteiger partial charge is 0.417 e. The zero-order chi connectivity index (χ0) is 38.3. The van der Waals surface area contributed by atoms with Crippen LogP contribution >= 0.6 is 0 Å². The third-order valence-electron chi connectivity index (χ3n) is 10.3. The average Bonchev–Trinajstić information content (AvgIpc) is 3.61. The number of piperidine rings is 1. The van der Waals surface area contributed by atoms with Crippen molar-refractivity contribution in [1.82, 2.24) is 9.80 Å². The first kappa shape index (κ1) is 39.3. The molecule has 2 aliphatic heterocycles. The lowest BCUT2D eigenvalue weighted by Gasteiger charge is -2.28. The summed E-state index contributed by atoms with van der Waals surface area (Å²) in [5.41, 5.74) is 10.3. The van der Waals surface area contributed by atoms with Gasteiger partial charge in [-0.2, -0.15) is 13.2 Å². The van der Waals surface area contributed by atoms with Gasteiger partial charge in [0.1, 0.15) is 5.75 Å². The first-order valence-corrected chi connectivity index (χ1v) is 17.9. The Bertz CT molecular complexity index is 1900. The molecule has 0 aliphatic carbocycles. The highest BCUT2D eigenvalue weighted by Gasteiger charge is 2.35. The Morgan fingerprint density at radius 3 is 2.26 bits per heavy atom. The van der Waals surface area contributed by atoms with Gasteiger partial charge in [-0.25, -0.2) is 0 Å². The molecule has 4 N–H and O–H groups in total. The number of nitrogens with two attached hydrogens (primary N) is 1. The number of methoxy groups -OCH3 is 1. The second-order valence-electron chi connectivity index (χ2n) is 13.7. The van der Waals surface area contributed by atoms with E-state index in [0.29, 0.717) is 30.0 Å². The van der Waals surface area contributed by atoms with Gasteiger partial charge in [0.05, 0.1) is 30.2 Å². The molecule has 2 saturated heterocycles. The first-order valence-electron chi connectivity index (χ1n) is 17.9. The van der Waals surface area contributed by atoms with Crippen LogP contribution in [0, 0.1) is 19.8 Å². The Labute approximate surface area is 309 Å². The van der Waals surface area contributed by atoms with E-state index in [1.54, 1.807) is 12.3 Å². The molecule has 3 aromatic carbocycles. The van der Waals surface area contributed by atoms with Gasteiger partial charge < -0.3 is 25.8 Å². The molecule has 1 amide bonds. The second kappa shape index (κ2) is 17.3. The van der Waals surface area contributed by atoms with Crippen LogP contribution in [0.2, 0.25) is 0 Å². The summed E-state index contributed by atoms with van der Waals surface area (Å²) in [6.07, 6.45) is 3.59. The minimum Gasteiger partial charge on any atom is -0.496 e. The monoisotopic (exact) mass is 731 g/mol. The predicted molar refractivity (Wildman–Crippen MR) is 204 cm³/mol. The molecule has 0 spiro atoms. The van der Waals surface area contributed by atoms with Crippen molar-refractivity contribution in [3.05, 3.63) is 93.7 Å². The molecule has 12 heteroatoms. The Balaban J connectivity index is 1.36. The third kappa shape index (κ3) is 9.54. The maximum Gasteiger partial charge on any atom is 0.417 e. The number of carboxylic acid groups (broad SMARTS) is 1. The molecular weight excluding hydrogens is 683 g/mol. The van der Waals surface area contributed by atoms with Crippen LogP contribution in [-0.4, -0.2) is 78.9 Å². The zero-order valence-electron chi connectivity index (χ0n) is 30.7. The van der Waals surface area contributed by atoms with E-state index in [4.69, 9.17) is 10.5 Å². The van der Waals surface area contributed by atoms with E-state index in [2.05, 4.69) is 22.1 Å². The van der Waals surface area contributed by atoms with Crippen molar-refractivity contribution in [1.29, 1.82) is 0 Å². The van der Waals surface area contributed by atoms with Gasteiger partial charge >= 0.3 is 12.1 Å². The highest BCUT2D eigenvalue weighted by molar-refractivity contribution is 6.18. The van der Waals surface area contributed by atoms with Crippen LogP contribution in [0.4, 0.5) is 18.9 Å². The number of likely N-dealkylation sites (tertiary alicyclic amines) is 2. The number of ether oxygens (including phenoxy) is 1. The zero-order valence-corrected chi connectivity index (χ0v) is 30.7. The molecule has 9 nitrogen and oxygen atoms in total. The number of nitrogens with zero attached hydrogens (tertiary/aromatic N) is 3. The van der Waals surface area contributed by atoms with Crippen molar-refractivity contribution in [3.8, 4) is 16.9 Å². The van der Waals surface area contributed by atoms with Gasteiger partial charge in [0.25, 0.3) is 5.91 Å². The largest absolute Gasteiger partial charge is 0.496 e. The fourth-order valence-corrected chi connectivity index (χ4v) is 7.07. The van der Waals surface area contributed by atoms with E-state index in [9.17, 15) is 27.9 Å². The standard InChI is InChI=1S/C41H48F3N5O4/c1-5-48-18-15-33(16-19-48)46-23-32(22-45)39(50)47-37-11-7-10-35(27(37)3)34-9-6-8-28(26(34)2)12-13-29-21-38(53-4)31(20-36(29)41(42,43)44)25-49-17-14-30(24-49)40(51)52/h6-13,20-23,30,33H,5,14-19,24-25,45H2,1-4H3,(H,47,50)(H,51,52)/b13-12+,32-22?,46-23?/t30-/m1/s1. The molecular formula is C41H48F3N5O4. The van der Waals surface area contributed by atoms with Gasteiger partial charge in [-0.15, -0.1) is 0 Å². The molecule has 0 radical (unpaired) electrons. The lowest BCUT2D eigenvalue weighted by atomic mass is 9.92. The molecule has 53 heavy (non-hydrogen) atoms. The third-order valence-corrected chi connectivity index (χ3v) is 10.3. The highest BCUT2D eigenvalue weighted by Crippen LogP contribution is 2.38. The van der Waals surface area contributed by atoms with Crippen molar-refractivity contribution in [2.75, 3.05) is 45.2 Å². The van der Waals surface area contributed by atoms with E-state index in [-0.39, 0.29) is 36.2 Å². The number of halogens is 3. The van der Waals surface area contributed by atoms with E-state index in [1.165, 1.54) is 25.5 Å². The Kier molecular flexibility index (Phi) is 12.8. The molecule has 0 bridgehead atoms. The van der Waals surface area contributed by atoms with E-state index >= 15 is 0 Å². The van der Waals surface area contributed by atoms with Gasteiger partial charge in [-0.05, 0) is 97.8 Å². The molecule has 282 valence electrons. The summed E-state index contributed by atoms with van der Waals surface area (Å²) in [6.45, 7) is 9.82. The number of hydrogen-bond acceptors (Lipinski definition) is 7. The van der Waals surface area contributed by atoms with E-state index in [1.807, 2.05) is 55.1 Å². The first-order chi connectivity index (χ1) is 25.3. The van der Waals surface area contributed by atoms with Gasteiger partial charge in [0.2, 0.25) is 0 Å². The number of carbonyl (C=O) groups excluding carboxylic acids is 1. The summed E-state index contributed by atoms with van der Waals surface area (Å²) < 4.78 is 48.8. The van der Waals surface area contributed by atoms with Crippen LogP contribution < -0.4 is 15.8 Å². The van der Waals surface area contributed by atoms with Gasteiger partial charge in [0.15, 0.2) is 0 Å². The van der Waals surface area contributed by atoms with Crippen LogP contribution in [-0.2, 0) is 22.3 Å². The number of carbonyl (C=O) groups is 2. The molecule has 0 aromatic heterocycles. The van der Waals surface area contributed by atoms with Crippen LogP contribution in [0.5, 0.6) is 5.75 Å². The Hall–Kier alpha value is -4.94. The van der Waals surface area contributed by atoms with E-state index in [0.717, 1.165) is 66.4 Å². The number of anilines is 1. The molecule has 2 fully saturated rings. The summed E-state index contributed by atoms with van der Waals surface area (Å²) in [6, 6.07) is 13.9. The summed E-state index contributed by atoms with van der Waals surface area (Å²) in [5, 5.41) is 12.3. The summed E-state index contributed by atoms with van der Waals surface area (Å²) in [5.74, 6) is -1.52. The molecule has 2 heterocycles. The lowest BCUT2D eigenvalue weighted by Crippen LogP contribution is -2.35. The Morgan fingerprint density at radius 1 is 0.981 bits per heavy atom. The maximum absolute atomic E-state index is 14.4. The Morgan fingerprint density at radius 2 is 1.64 bits per heavy atom. The topological polar surface area (TPSA) is 120 Å². The fraction of sp³-hybridized carbons (Fsp3) is 0.390. The van der Waals surface area contributed by atoms with Crippen LogP contribution in [0.15, 0.2) is 65.3 Å². The van der Waals surface area contributed by atoms with Crippen molar-refractivity contribution in [3.63, 3.8) is 0 Å². The summed E-state index contributed by atoms with van der Waals surface area (Å²) >= 11 is 0. The van der Waals surface area contributed by atoms with Gasteiger partial charge in [-0.1, -0.05) is 49.4 Å². The molecule has 2 aliphatic rings. The minimum absolute atomic E-state index is 0.0488. The van der Waals surface area contributed by atoms with Crippen molar-refractivity contribution in [2.45, 2.75) is 58.8 Å². The van der Waals surface area contributed by atoms with Crippen molar-refractivity contribution < 1.29 is 32.6 Å². The number of alkyl halides is 3. The minimum atomic E-state index is -4.63. The number of aliphatic carboxylic acids is 1. The normalized spacial score (nSPS) is 17.9. The molecule has 5 rings (SSSR count). The number of rotatable bonds is 12. The number of carboxylic acids is 1. The van der Waals surface area contributed by atoms with E-state index < -0.39 is 23.6 Å². The predicted octanol–water partition coefficient (Wildman–Crippen LogP) is 7.41. The molecule has 0 saturated carbocycles. The second-order valence-corrected chi connectivity index (χ2v) is 13.7. The molecule has 1 atom stereocenters. The average molecular weight is 732 g/mol. The number of benzene rings is 3. The lowest BCUT2D eigenvalue weighted by molar-refractivity contribution is -0.141. The SMILES string of the molecule is CCN1CCC(N=CC(=CN)C(=O)Nc2cccc(-c3cccc(/C=C/c4cc(OC)c(CN5CC[C@@H](C(=O)O)C5)cc4C(F)(F)F)c3C)c2C)CC1. The number of nitrogens with one attached hydrogen (secondary N) is 1. The van der Waals surface area contributed by atoms with Crippen LogP contribution in [0.25, 0.3) is 23.3 Å². The van der Waals surface area contributed by atoms with Gasteiger partial charge in [-0.3, -0.25) is 19.5 Å². The molecule has 3 aromatic rings. The highest BCUT2D eigenvalue weighted by atomic mass is 19.4. The molecule has 0 unspecified atom stereocenters. The van der Waals surface area contributed by atoms with Gasteiger partial charge in [0, 0.05) is 49.8 Å². The van der Waals surface area contributed by atoms with Crippen LogP contribution in [0.1, 0.15) is 59.6 Å². The number of aliphatic imine (C=N–C) groups is 1. The van der Waals surface area contributed by atoms with Crippen molar-refractivity contribution in [2.24, 2.45) is 16.6 Å².